The number of nitrogens with one attached hydrogen (secondary N) is 1. The first-order valence-corrected chi connectivity index (χ1v) is 8.91. The maximum absolute atomic E-state index is 6.46. The van der Waals surface area contributed by atoms with Crippen LogP contribution in [0.5, 0.6) is 0 Å². The number of halogens is 1. The molecule has 3 nitrogen and oxygen atoms in total. The second kappa shape index (κ2) is 4.99. The minimum Gasteiger partial charge on any atom is -0.314 e. The fraction of sp³-hybridized carbons (Fsp3) is 0.824. The van der Waals surface area contributed by atoms with E-state index in [4.69, 9.17) is 11.6 Å². The van der Waals surface area contributed by atoms with Crippen molar-refractivity contribution in [3.8, 4) is 0 Å². The number of hydrogen-bond acceptors (Lipinski definition) is 2. The van der Waals surface area contributed by atoms with Crippen molar-refractivity contribution in [2.24, 2.45) is 36.6 Å². The molecule has 4 heteroatoms. The van der Waals surface area contributed by atoms with E-state index in [1.807, 2.05) is 18.7 Å². The number of aromatic nitrogens is 2. The molecule has 5 unspecified atom stereocenters. The molecule has 21 heavy (non-hydrogen) atoms. The van der Waals surface area contributed by atoms with Crippen molar-refractivity contribution in [2.45, 2.75) is 45.6 Å². The van der Waals surface area contributed by atoms with Crippen molar-refractivity contribution >= 4 is 11.6 Å². The van der Waals surface area contributed by atoms with Crippen LogP contribution >= 0.6 is 11.6 Å². The van der Waals surface area contributed by atoms with Gasteiger partial charge in [-0.1, -0.05) is 18.5 Å². The quantitative estimate of drug-likeness (QED) is 0.905. The Morgan fingerprint density at radius 1 is 1.33 bits per heavy atom. The lowest BCUT2D eigenvalue weighted by molar-refractivity contribution is 0.361. The summed E-state index contributed by atoms with van der Waals surface area (Å²) in [6.07, 6.45) is 5.54. The molecule has 0 amide bonds. The molecule has 1 heterocycles. The Morgan fingerprint density at radius 3 is 2.52 bits per heavy atom. The maximum atomic E-state index is 6.46. The Morgan fingerprint density at radius 2 is 2.00 bits per heavy atom. The standard InChI is InChI=1S/C17H26ClN3/c1-4-19-12(8-13-17(18)9(2)20-21(13)3)16-14-10-5-6-11(7-10)15(14)16/h10-12,14-16,19H,4-8H2,1-3H3. The normalized spacial score (nSPS) is 37.8. The van der Waals surface area contributed by atoms with Gasteiger partial charge in [0.15, 0.2) is 0 Å². The summed E-state index contributed by atoms with van der Waals surface area (Å²) >= 11 is 6.46. The predicted octanol–water partition coefficient (Wildman–Crippen LogP) is 3.19. The van der Waals surface area contributed by atoms with Gasteiger partial charge in [-0.25, -0.2) is 0 Å². The summed E-state index contributed by atoms with van der Waals surface area (Å²) < 4.78 is 1.98. The van der Waals surface area contributed by atoms with Crippen molar-refractivity contribution in [1.29, 1.82) is 0 Å². The fourth-order valence-corrected chi connectivity index (χ4v) is 5.88. The zero-order chi connectivity index (χ0) is 14.7. The average molecular weight is 308 g/mol. The van der Waals surface area contributed by atoms with Crippen molar-refractivity contribution in [3.05, 3.63) is 16.4 Å². The van der Waals surface area contributed by atoms with Crippen LogP contribution in [0, 0.1) is 36.5 Å². The summed E-state index contributed by atoms with van der Waals surface area (Å²) in [5, 5.41) is 9.10. The van der Waals surface area contributed by atoms with E-state index in [0.29, 0.717) is 6.04 Å². The molecule has 3 aliphatic carbocycles. The predicted molar refractivity (Wildman–Crippen MR) is 85.4 cm³/mol. The van der Waals surface area contributed by atoms with Gasteiger partial charge in [-0.2, -0.15) is 5.10 Å². The van der Waals surface area contributed by atoms with Crippen LogP contribution in [-0.4, -0.2) is 22.4 Å². The fourth-order valence-electron chi connectivity index (χ4n) is 5.65. The van der Waals surface area contributed by atoms with Crippen molar-refractivity contribution < 1.29 is 0 Å². The molecule has 0 saturated heterocycles. The highest BCUT2D eigenvalue weighted by Crippen LogP contribution is 2.70. The van der Waals surface area contributed by atoms with Crippen LogP contribution in [0.1, 0.15) is 37.6 Å². The first kappa shape index (κ1) is 14.1. The lowest BCUT2D eigenvalue weighted by atomic mass is 9.94. The Hall–Kier alpha value is -0.540. The summed E-state index contributed by atoms with van der Waals surface area (Å²) in [6, 6.07) is 0.584. The lowest BCUT2D eigenvalue weighted by Gasteiger charge is -2.21. The van der Waals surface area contributed by atoms with Crippen molar-refractivity contribution in [1.82, 2.24) is 15.1 Å². The van der Waals surface area contributed by atoms with Gasteiger partial charge < -0.3 is 5.32 Å². The van der Waals surface area contributed by atoms with Crippen LogP contribution < -0.4 is 5.32 Å². The monoisotopic (exact) mass is 307 g/mol. The lowest BCUT2D eigenvalue weighted by Crippen LogP contribution is -2.35. The van der Waals surface area contributed by atoms with E-state index in [1.165, 1.54) is 25.0 Å². The van der Waals surface area contributed by atoms with Gasteiger partial charge in [0.25, 0.3) is 0 Å². The van der Waals surface area contributed by atoms with Gasteiger partial charge in [-0.15, -0.1) is 0 Å². The van der Waals surface area contributed by atoms with Gasteiger partial charge in [-0.05, 0) is 62.3 Å². The molecule has 3 saturated carbocycles. The van der Waals surface area contributed by atoms with Gasteiger partial charge in [-0.3, -0.25) is 4.68 Å². The van der Waals surface area contributed by atoms with E-state index in [0.717, 1.165) is 53.3 Å². The Bertz CT molecular complexity index is 536. The summed E-state index contributed by atoms with van der Waals surface area (Å²) in [5.74, 6) is 4.99. The van der Waals surface area contributed by atoms with Gasteiger partial charge in [0.05, 0.1) is 16.4 Å². The minimum atomic E-state index is 0.584. The molecule has 1 N–H and O–H groups in total. The third-order valence-electron chi connectivity index (χ3n) is 6.40. The highest BCUT2D eigenvalue weighted by molar-refractivity contribution is 6.31. The third-order valence-corrected chi connectivity index (χ3v) is 6.89. The van der Waals surface area contributed by atoms with E-state index in [9.17, 15) is 0 Å². The second-order valence-corrected chi connectivity index (χ2v) is 7.78. The zero-order valence-corrected chi connectivity index (χ0v) is 14.0. The van der Waals surface area contributed by atoms with Crippen LogP contribution in [0.4, 0.5) is 0 Å². The Labute approximate surface area is 132 Å². The van der Waals surface area contributed by atoms with Gasteiger partial charge in [0, 0.05) is 19.5 Å². The molecule has 116 valence electrons. The smallest absolute Gasteiger partial charge is 0.0847 e. The summed E-state index contributed by atoms with van der Waals surface area (Å²) in [6.45, 7) is 5.26. The molecular weight excluding hydrogens is 282 g/mol. The van der Waals surface area contributed by atoms with Crippen molar-refractivity contribution in [3.63, 3.8) is 0 Å². The van der Waals surface area contributed by atoms with Crippen LogP contribution in [-0.2, 0) is 13.5 Å². The number of aryl methyl sites for hydroxylation is 2. The Balaban J connectivity index is 1.53. The third kappa shape index (κ3) is 2.08. The van der Waals surface area contributed by atoms with E-state index in [-0.39, 0.29) is 0 Å². The molecule has 2 bridgehead atoms. The molecule has 1 aromatic rings. The van der Waals surface area contributed by atoms with Crippen LogP contribution in [0.3, 0.4) is 0 Å². The largest absolute Gasteiger partial charge is 0.314 e. The number of hydrogen-bond donors (Lipinski definition) is 1. The molecule has 4 rings (SSSR count). The summed E-state index contributed by atoms with van der Waals surface area (Å²) in [5.41, 5.74) is 2.16. The van der Waals surface area contributed by atoms with Crippen molar-refractivity contribution in [2.75, 3.05) is 6.54 Å². The maximum Gasteiger partial charge on any atom is 0.0847 e. The van der Waals surface area contributed by atoms with E-state index in [2.05, 4.69) is 17.3 Å². The molecular formula is C17H26ClN3. The number of nitrogens with zero attached hydrogens (tertiary/aromatic N) is 2. The number of fused-ring (bicyclic) bond motifs is 5. The molecule has 3 aliphatic rings. The molecule has 0 spiro atoms. The SMILES string of the molecule is CCNC(Cc1c(Cl)c(C)nn1C)C1C2C3CCC(C3)C21. The zero-order valence-electron chi connectivity index (χ0n) is 13.3. The Kier molecular flexibility index (Phi) is 3.34. The average Bonchev–Trinajstić information content (AvgIpc) is 2.75. The summed E-state index contributed by atoms with van der Waals surface area (Å²) in [7, 11) is 2.02. The first-order chi connectivity index (χ1) is 10.1. The topological polar surface area (TPSA) is 29.9 Å². The van der Waals surface area contributed by atoms with Gasteiger partial charge in [0.1, 0.15) is 0 Å². The van der Waals surface area contributed by atoms with Gasteiger partial charge in [0.2, 0.25) is 0 Å². The van der Waals surface area contributed by atoms with E-state index < -0.39 is 0 Å². The van der Waals surface area contributed by atoms with Crippen LogP contribution in [0.2, 0.25) is 5.02 Å². The molecule has 3 fully saturated rings. The van der Waals surface area contributed by atoms with Gasteiger partial charge >= 0.3 is 0 Å². The first-order valence-electron chi connectivity index (χ1n) is 8.53. The number of rotatable bonds is 5. The highest BCUT2D eigenvalue weighted by atomic mass is 35.5. The molecule has 0 aromatic carbocycles. The minimum absolute atomic E-state index is 0.584. The molecule has 5 atom stereocenters. The summed E-state index contributed by atoms with van der Waals surface area (Å²) in [4.78, 5) is 0. The molecule has 0 radical (unpaired) electrons. The highest BCUT2D eigenvalue weighted by Gasteiger charge is 2.66. The van der Waals surface area contributed by atoms with E-state index in [1.54, 1.807) is 0 Å². The number of likely N-dealkylation sites (N-methyl/N-ethyl adjacent to an activating group) is 1. The van der Waals surface area contributed by atoms with E-state index >= 15 is 0 Å². The second-order valence-electron chi connectivity index (χ2n) is 7.40. The van der Waals surface area contributed by atoms with Crippen LogP contribution in [0.25, 0.3) is 0 Å². The molecule has 1 aromatic heterocycles. The molecule has 0 aliphatic heterocycles. The van der Waals surface area contributed by atoms with Crippen LogP contribution in [0.15, 0.2) is 0 Å².